The van der Waals surface area contributed by atoms with Crippen LogP contribution < -0.4 is 4.74 Å². The first kappa shape index (κ1) is 27.0. The summed E-state index contributed by atoms with van der Waals surface area (Å²) in [6.45, 7) is 0. The van der Waals surface area contributed by atoms with E-state index < -0.39 is 5.41 Å². The van der Waals surface area contributed by atoms with Crippen LogP contribution in [0.1, 0.15) is 22.3 Å². The minimum atomic E-state index is -0.419. The summed E-state index contributed by atoms with van der Waals surface area (Å²) in [6.07, 6.45) is 0. The van der Waals surface area contributed by atoms with Crippen LogP contribution in [0.25, 0.3) is 55.3 Å². The topological polar surface area (TPSA) is 9.23 Å². The second-order valence-electron chi connectivity index (χ2n) is 12.8. The Morgan fingerprint density at radius 2 is 0.917 bits per heavy atom. The quantitative estimate of drug-likeness (QED) is 0.193. The van der Waals surface area contributed by atoms with Gasteiger partial charge in [0.15, 0.2) is 0 Å². The molecule has 48 heavy (non-hydrogen) atoms. The molecule has 8 aromatic rings. The predicted octanol–water partition coefficient (Wildman–Crippen LogP) is 12.3. The first-order valence-electron chi connectivity index (χ1n) is 16.6. The van der Waals surface area contributed by atoms with E-state index in [1.807, 2.05) is 0 Å². The van der Waals surface area contributed by atoms with E-state index in [1.165, 1.54) is 72.0 Å². The van der Waals surface area contributed by atoms with Crippen molar-refractivity contribution in [2.75, 3.05) is 0 Å². The highest BCUT2D eigenvalue weighted by Gasteiger charge is 2.46. The molecule has 8 aromatic carbocycles. The Hall–Kier alpha value is -6.18. The van der Waals surface area contributed by atoms with Gasteiger partial charge >= 0.3 is 0 Å². The molecule has 0 spiro atoms. The maximum atomic E-state index is 6.40. The van der Waals surface area contributed by atoms with Crippen molar-refractivity contribution in [1.29, 1.82) is 0 Å². The summed E-state index contributed by atoms with van der Waals surface area (Å²) >= 11 is 0. The van der Waals surface area contributed by atoms with Crippen LogP contribution in [-0.2, 0) is 5.41 Å². The molecular formula is C47H30O. The van der Waals surface area contributed by atoms with Crippen LogP contribution in [-0.4, -0.2) is 0 Å². The number of hydrogen-bond acceptors (Lipinski definition) is 1. The molecule has 0 saturated carbocycles. The summed E-state index contributed by atoms with van der Waals surface area (Å²) in [7, 11) is 0. The molecule has 0 N–H and O–H groups in total. The molecule has 0 atom stereocenters. The van der Waals surface area contributed by atoms with Gasteiger partial charge in [0.2, 0.25) is 0 Å². The average Bonchev–Trinajstić information content (AvgIpc) is 3.46. The molecule has 224 valence electrons. The molecule has 0 saturated heterocycles. The van der Waals surface area contributed by atoms with Crippen molar-refractivity contribution in [2.24, 2.45) is 0 Å². The second kappa shape index (κ2) is 10.4. The van der Waals surface area contributed by atoms with Gasteiger partial charge in [-0.15, -0.1) is 0 Å². The Labute approximate surface area is 280 Å². The van der Waals surface area contributed by atoms with Crippen molar-refractivity contribution in [3.05, 3.63) is 204 Å². The lowest BCUT2D eigenvalue weighted by molar-refractivity contribution is 0.487. The number of ether oxygens (including phenoxy) is 1. The van der Waals surface area contributed by atoms with Crippen LogP contribution in [0.5, 0.6) is 11.5 Å². The first-order valence-corrected chi connectivity index (χ1v) is 16.6. The normalized spacial score (nSPS) is 13.3. The van der Waals surface area contributed by atoms with Crippen LogP contribution in [0.3, 0.4) is 0 Å². The number of hydrogen-bond donors (Lipinski definition) is 0. The standard InChI is InChI=1S/C47H30O/c1-3-16-36(17-4-1)47(37-18-5-2-6-19-37)42-22-8-7-20-38(42)39-26-24-35(30-43(39)47)33-15-9-14-32(28-33)34-25-27-44-41(29-34)40-21-10-12-31-13-11-23-45(48-44)46(31)40/h1-30H. The molecule has 2 aliphatic rings. The lowest BCUT2D eigenvalue weighted by Crippen LogP contribution is -2.28. The van der Waals surface area contributed by atoms with Crippen LogP contribution in [0.4, 0.5) is 0 Å². The number of fused-ring (bicyclic) bond motifs is 5. The Morgan fingerprint density at radius 1 is 0.333 bits per heavy atom. The molecule has 0 radical (unpaired) electrons. The molecule has 0 aromatic heterocycles. The fourth-order valence-corrected chi connectivity index (χ4v) is 8.25. The molecule has 10 rings (SSSR count). The van der Waals surface area contributed by atoms with Crippen molar-refractivity contribution < 1.29 is 4.74 Å². The zero-order valence-corrected chi connectivity index (χ0v) is 26.2. The first-order chi connectivity index (χ1) is 23.8. The largest absolute Gasteiger partial charge is 0.456 e. The third kappa shape index (κ3) is 3.85. The van der Waals surface area contributed by atoms with Gasteiger partial charge in [0.25, 0.3) is 0 Å². The summed E-state index contributed by atoms with van der Waals surface area (Å²) in [4.78, 5) is 0. The Morgan fingerprint density at radius 3 is 1.69 bits per heavy atom. The van der Waals surface area contributed by atoms with Crippen LogP contribution in [0, 0.1) is 0 Å². The maximum Gasteiger partial charge on any atom is 0.135 e. The summed E-state index contributed by atoms with van der Waals surface area (Å²) in [5.41, 5.74) is 14.5. The van der Waals surface area contributed by atoms with Crippen LogP contribution in [0.2, 0.25) is 0 Å². The van der Waals surface area contributed by atoms with Gasteiger partial charge in [0.1, 0.15) is 11.5 Å². The lowest BCUT2D eigenvalue weighted by atomic mass is 9.67. The highest BCUT2D eigenvalue weighted by Crippen LogP contribution is 2.56. The smallest absolute Gasteiger partial charge is 0.135 e. The van der Waals surface area contributed by atoms with Crippen molar-refractivity contribution in [1.82, 2.24) is 0 Å². The SMILES string of the molecule is c1ccc(C2(c3ccccc3)c3ccccc3-c3ccc(-c4cccc(-c5ccc6c(c5)-c5cccc7cccc(c57)O6)c4)cc32)cc1. The van der Waals surface area contributed by atoms with E-state index in [0.29, 0.717) is 0 Å². The zero-order chi connectivity index (χ0) is 31.7. The lowest BCUT2D eigenvalue weighted by Gasteiger charge is -2.34. The van der Waals surface area contributed by atoms with Gasteiger partial charge in [-0.05, 0) is 96.9 Å². The summed E-state index contributed by atoms with van der Waals surface area (Å²) in [6, 6.07) is 66.3. The van der Waals surface area contributed by atoms with Gasteiger partial charge in [0, 0.05) is 10.9 Å². The molecule has 1 aliphatic carbocycles. The summed E-state index contributed by atoms with van der Waals surface area (Å²) in [5.74, 6) is 1.82. The molecule has 1 heteroatoms. The molecule has 0 fully saturated rings. The Balaban J connectivity index is 1.13. The van der Waals surface area contributed by atoms with Crippen LogP contribution in [0.15, 0.2) is 182 Å². The minimum Gasteiger partial charge on any atom is -0.456 e. The van der Waals surface area contributed by atoms with E-state index in [9.17, 15) is 0 Å². The Kier molecular flexibility index (Phi) is 5.86. The molecule has 1 aliphatic heterocycles. The van der Waals surface area contributed by atoms with Gasteiger partial charge in [-0.1, -0.05) is 152 Å². The fourth-order valence-electron chi connectivity index (χ4n) is 8.25. The van der Waals surface area contributed by atoms with Gasteiger partial charge in [-0.2, -0.15) is 0 Å². The van der Waals surface area contributed by atoms with E-state index in [1.54, 1.807) is 0 Å². The molecule has 0 amide bonds. The van der Waals surface area contributed by atoms with E-state index in [-0.39, 0.29) is 0 Å². The molecule has 1 nitrogen and oxygen atoms in total. The third-order valence-electron chi connectivity index (χ3n) is 10.3. The maximum absolute atomic E-state index is 6.40. The van der Waals surface area contributed by atoms with Gasteiger partial charge in [-0.3, -0.25) is 0 Å². The number of benzene rings is 8. The predicted molar refractivity (Wildman–Crippen MR) is 198 cm³/mol. The molecular weight excluding hydrogens is 581 g/mol. The summed E-state index contributed by atoms with van der Waals surface area (Å²) in [5, 5.41) is 2.38. The van der Waals surface area contributed by atoms with Crippen molar-refractivity contribution >= 4 is 10.8 Å². The van der Waals surface area contributed by atoms with Gasteiger partial charge < -0.3 is 4.74 Å². The minimum absolute atomic E-state index is 0.419. The molecule has 0 bridgehead atoms. The second-order valence-corrected chi connectivity index (χ2v) is 12.8. The van der Waals surface area contributed by atoms with E-state index in [4.69, 9.17) is 4.74 Å². The zero-order valence-electron chi connectivity index (χ0n) is 26.2. The van der Waals surface area contributed by atoms with E-state index in [2.05, 4.69) is 182 Å². The fraction of sp³-hybridized carbons (Fsp3) is 0.0213. The van der Waals surface area contributed by atoms with Crippen molar-refractivity contribution in [3.8, 4) is 56.0 Å². The van der Waals surface area contributed by atoms with Crippen LogP contribution >= 0.6 is 0 Å². The monoisotopic (exact) mass is 610 g/mol. The molecule has 0 unspecified atom stereocenters. The highest BCUT2D eigenvalue weighted by molar-refractivity contribution is 6.04. The van der Waals surface area contributed by atoms with Crippen molar-refractivity contribution in [2.45, 2.75) is 5.41 Å². The highest BCUT2D eigenvalue weighted by atomic mass is 16.5. The van der Waals surface area contributed by atoms with E-state index in [0.717, 1.165) is 17.1 Å². The molecule has 1 heterocycles. The number of rotatable bonds is 4. The van der Waals surface area contributed by atoms with E-state index >= 15 is 0 Å². The van der Waals surface area contributed by atoms with Crippen molar-refractivity contribution in [3.63, 3.8) is 0 Å². The van der Waals surface area contributed by atoms with Gasteiger partial charge in [-0.25, -0.2) is 0 Å². The summed E-state index contributed by atoms with van der Waals surface area (Å²) < 4.78 is 6.40. The average molecular weight is 611 g/mol. The third-order valence-corrected chi connectivity index (χ3v) is 10.3. The van der Waals surface area contributed by atoms with Gasteiger partial charge in [0.05, 0.1) is 5.41 Å². The Bertz CT molecular complexity index is 2480.